The molecule has 0 spiro atoms. The molecule has 1 saturated heterocycles. The van der Waals surface area contributed by atoms with Crippen LogP contribution in [-0.4, -0.2) is 23.9 Å². The van der Waals surface area contributed by atoms with Crippen molar-refractivity contribution >= 4 is 0 Å². The highest BCUT2D eigenvalue weighted by molar-refractivity contribution is 4.74. The molecular formula is C12H24O2. The minimum atomic E-state index is -0.236. The molecule has 0 aromatic carbocycles. The first-order valence-corrected chi connectivity index (χ1v) is 6.07. The van der Waals surface area contributed by atoms with Gasteiger partial charge >= 0.3 is 0 Å². The molecule has 2 atom stereocenters. The SMILES string of the molecule is CCC(CC)CC(O)C1CCCCO1. The first kappa shape index (κ1) is 12.0. The predicted molar refractivity (Wildman–Crippen MR) is 58.3 cm³/mol. The Kier molecular flexibility index (Phi) is 5.49. The van der Waals surface area contributed by atoms with Crippen LogP contribution in [0.15, 0.2) is 0 Å². The van der Waals surface area contributed by atoms with Crippen molar-refractivity contribution in [2.75, 3.05) is 6.61 Å². The Morgan fingerprint density at radius 2 is 2.00 bits per heavy atom. The quantitative estimate of drug-likeness (QED) is 0.739. The number of hydrogen-bond acceptors (Lipinski definition) is 2. The number of aliphatic hydroxyl groups excluding tert-OH is 1. The maximum atomic E-state index is 9.98. The van der Waals surface area contributed by atoms with Crippen LogP contribution in [0.3, 0.4) is 0 Å². The number of aliphatic hydroxyl groups is 1. The monoisotopic (exact) mass is 200 g/mol. The Morgan fingerprint density at radius 3 is 2.50 bits per heavy atom. The maximum Gasteiger partial charge on any atom is 0.0834 e. The van der Waals surface area contributed by atoms with Gasteiger partial charge < -0.3 is 9.84 Å². The molecule has 0 radical (unpaired) electrons. The van der Waals surface area contributed by atoms with Gasteiger partial charge in [0.15, 0.2) is 0 Å². The van der Waals surface area contributed by atoms with Crippen molar-refractivity contribution in [2.45, 2.75) is 64.6 Å². The third kappa shape index (κ3) is 3.58. The van der Waals surface area contributed by atoms with Crippen LogP contribution in [0.5, 0.6) is 0 Å². The summed E-state index contributed by atoms with van der Waals surface area (Å²) >= 11 is 0. The fourth-order valence-corrected chi connectivity index (χ4v) is 2.18. The zero-order chi connectivity index (χ0) is 10.4. The molecule has 1 aliphatic rings. The largest absolute Gasteiger partial charge is 0.390 e. The lowest BCUT2D eigenvalue weighted by Gasteiger charge is -2.29. The van der Waals surface area contributed by atoms with E-state index in [1.54, 1.807) is 0 Å². The van der Waals surface area contributed by atoms with Crippen LogP contribution < -0.4 is 0 Å². The molecule has 1 fully saturated rings. The minimum Gasteiger partial charge on any atom is -0.390 e. The van der Waals surface area contributed by atoms with E-state index in [1.165, 1.54) is 19.3 Å². The van der Waals surface area contributed by atoms with Crippen LogP contribution in [0.25, 0.3) is 0 Å². The first-order chi connectivity index (χ1) is 6.77. The van der Waals surface area contributed by atoms with Gasteiger partial charge in [0.2, 0.25) is 0 Å². The highest BCUT2D eigenvalue weighted by Crippen LogP contribution is 2.22. The standard InChI is InChI=1S/C12H24O2/c1-3-10(4-2)9-11(13)12-7-5-6-8-14-12/h10-13H,3-9H2,1-2H3. The minimum absolute atomic E-state index is 0.115. The average Bonchev–Trinajstić information content (AvgIpc) is 2.26. The van der Waals surface area contributed by atoms with E-state index in [9.17, 15) is 5.11 Å². The maximum absolute atomic E-state index is 9.98. The van der Waals surface area contributed by atoms with Crippen molar-refractivity contribution in [3.63, 3.8) is 0 Å². The van der Waals surface area contributed by atoms with E-state index in [-0.39, 0.29) is 12.2 Å². The lowest BCUT2D eigenvalue weighted by atomic mass is 9.91. The van der Waals surface area contributed by atoms with Gasteiger partial charge in [-0.05, 0) is 31.6 Å². The van der Waals surface area contributed by atoms with Gasteiger partial charge in [-0.15, -0.1) is 0 Å². The van der Waals surface area contributed by atoms with Crippen molar-refractivity contribution in [3.8, 4) is 0 Å². The molecule has 0 bridgehead atoms. The van der Waals surface area contributed by atoms with Gasteiger partial charge in [0.25, 0.3) is 0 Å². The van der Waals surface area contributed by atoms with Crippen LogP contribution in [-0.2, 0) is 4.74 Å². The smallest absolute Gasteiger partial charge is 0.0834 e. The summed E-state index contributed by atoms with van der Waals surface area (Å²) in [6, 6.07) is 0. The number of ether oxygens (including phenoxy) is 1. The molecule has 0 aromatic heterocycles. The fraction of sp³-hybridized carbons (Fsp3) is 1.00. The van der Waals surface area contributed by atoms with Crippen molar-refractivity contribution in [1.82, 2.24) is 0 Å². The van der Waals surface area contributed by atoms with Crippen molar-refractivity contribution in [2.24, 2.45) is 5.92 Å². The van der Waals surface area contributed by atoms with E-state index in [2.05, 4.69) is 13.8 Å². The normalized spacial score (nSPS) is 25.3. The summed E-state index contributed by atoms with van der Waals surface area (Å²) in [7, 11) is 0. The predicted octanol–water partition coefficient (Wildman–Crippen LogP) is 2.74. The van der Waals surface area contributed by atoms with Gasteiger partial charge in [-0.25, -0.2) is 0 Å². The molecule has 0 aromatic rings. The summed E-state index contributed by atoms with van der Waals surface area (Å²) in [5, 5.41) is 9.98. The third-order valence-electron chi connectivity index (χ3n) is 3.37. The molecule has 1 heterocycles. The van der Waals surface area contributed by atoms with E-state index < -0.39 is 0 Å². The summed E-state index contributed by atoms with van der Waals surface area (Å²) in [6.45, 7) is 5.23. The van der Waals surface area contributed by atoms with Gasteiger partial charge in [0, 0.05) is 6.61 Å². The van der Waals surface area contributed by atoms with E-state index in [0.717, 1.165) is 25.9 Å². The van der Waals surface area contributed by atoms with Gasteiger partial charge in [-0.2, -0.15) is 0 Å². The van der Waals surface area contributed by atoms with Crippen LogP contribution in [0.4, 0.5) is 0 Å². The molecule has 0 aliphatic carbocycles. The number of hydrogen-bond donors (Lipinski definition) is 1. The van der Waals surface area contributed by atoms with Crippen molar-refractivity contribution in [3.05, 3.63) is 0 Å². The Labute approximate surface area is 87.7 Å². The van der Waals surface area contributed by atoms with E-state index in [4.69, 9.17) is 4.74 Å². The molecule has 1 N–H and O–H groups in total. The Bertz CT molecular complexity index is 137. The molecule has 1 rings (SSSR count). The first-order valence-electron chi connectivity index (χ1n) is 6.07. The molecule has 0 amide bonds. The molecule has 2 unspecified atom stereocenters. The topological polar surface area (TPSA) is 29.5 Å². The average molecular weight is 200 g/mol. The zero-order valence-corrected chi connectivity index (χ0v) is 9.54. The highest BCUT2D eigenvalue weighted by atomic mass is 16.5. The van der Waals surface area contributed by atoms with E-state index in [1.807, 2.05) is 0 Å². The molecule has 0 saturated carbocycles. The molecule has 2 heteroatoms. The highest BCUT2D eigenvalue weighted by Gasteiger charge is 2.24. The third-order valence-corrected chi connectivity index (χ3v) is 3.37. The van der Waals surface area contributed by atoms with Gasteiger partial charge in [0.1, 0.15) is 0 Å². The Balaban J connectivity index is 2.27. The molecule has 1 aliphatic heterocycles. The summed E-state index contributed by atoms with van der Waals surface area (Å²) in [5.41, 5.74) is 0. The summed E-state index contributed by atoms with van der Waals surface area (Å²) in [5.74, 6) is 0.663. The second kappa shape index (κ2) is 6.41. The van der Waals surface area contributed by atoms with Gasteiger partial charge in [-0.1, -0.05) is 26.7 Å². The summed E-state index contributed by atoms with van der Waals surface area (Å²) in [6.07, 6.45) is 6.54. The lowest BCUT2D eigenvalue weighted by molar-refractivity contribution is -0.0694. The fourth-order valence-electron chi connectivity index (χ4n) is 2.18. The molecule has 2 nitrogen and oxygen atoms in total. The lowest BCUT2D eigenvalue weighted by Crippen LogP contribution is -2.33. The van der Waals surface area contributed by atoms with Crippen molar-refractivity contribution in [1.29, 1.82) is 0 Å². The van der Waals surface area contributed by atoms with Gasteiger partial charge in [0.05, 0.1) is 12.2 Å². The number of rotatable bonds is 5. The Morgan fingerprint density at radius 1 is 1.29 bits per heavy atom. The van der Waals surface area contributed by atoms with Crippen LogP contribution in [0.1, 0.15) is 52.4 Å². The van der Waals surface area contributed by atoms with Gasteiger partial charge in [-0.3, -0.25) is 0 Å². The second-order valence-electron chi connectivity index (χ2n) is 4.39. The zero-order valence-electron chi connectivity index (χ0n) is 9.54. The molecular weight excluding hydrogens is 176 g/mol. The second-order valence-corrected chi connectivity index (χ2v) is 4.39. The Hall–Kier alpha value is -0.0800. The summed E-state index contributed by atoms with van der Waals surface area (Å²) in [4.78, 5) is 0. The van der Waals surface area contributed by atoms with Crippen LogP contribution >= 0.6 is 0 Å². The van der Waals surface area contributed by atoms with Crippen LogP contribution in [0.2, 0.25) is 0 Å². The van der Waals surface area contributed by atoms with E-state index >= 15 is 0 Å². The summed E-state index contributed by atoms with van der Waals surface area (Å²) < 4.78 is 5.58. The molecule has 14 heavy (non-hydrogen) atoms. The van der Waals surface area contributed by atoms with Crippen molar-refractivity contribution < 1.29 is 9.84 Å². The van der Waals surface area contributed by atoms with E-state index in [0.29, 0.717) is 5.92 Å². The molecule has 84 valence electrons. The van der Waals surface area contributed by atoms with Crippen LogP contribution in [0, 0.1) is 5.92 Å².